The minimum atomic E-state index is -0.298. The van der Waals surface area contributed by atoms with E-state index in [1.54, 1.807) is 19.2 Å². The minimum absolute atomic E-state index is 0.128. The molecular formula is C14H11N3O3S. The molecule has 0 aliphatic rings. The second-order valence-corrected chi connectivity index (χ2v) is 4.63. The summed E-state index contributed by atoms with van der Waals surface area (Å²) in [7, 11) is 1.60. The van der Waals surface area contributed by atoms with Gasteiger partial charge in [-0.3, -0.25) is 4.79 Å². The van der Waals surface area contributed by atoms with Crippen LogP contribution >= 0.6 is 12.2 Å². The summed E-state index contributed by atoms with van der Waals surface area (Å²) in [5, 5.41) is 6.32. The van der Waals surface area contributed by atoms with Crippen molar-refractivity contribution < 1.29 is 9.15 Å². The highest BCUT2D eigenvalue weighted by atomic mass is 32.1. The highest BCUT2D eigenvalue weighted by Gasteiger charge is 2.10. The standard InChI is InChI=1S/C14H11N3O3S/c1-19-9-4-2-8(3-5-9)11-7-6-10(12(18)15-11)13-16-17-14(21)20-13/h2-7H,1H3,(H,15,18)(H,17,21). The Morgan fingerprint density at radius 2 is 1.95 bits per heavy atom. The van der Waals surface area contributed by atoms with Gasteiger partial charge in [-0.05, 0) is 54.2 Å². The van der Waals surface area contributed by atoms with Gasteiger partial charge in [-0.2, -0.15) is 0 Å². The van der Waals surface area contributed by atoms with E-state index < -0.39 is 0 Å². The maximum Gasteiger partial charge on any atom is 0.284 e. The van der Waals surface area contributed by atoms with Crippen LogP contribution in [0.15, 0.2) is 45.6 Å². The second kappa shape index (κ2) is 5.37. The van der Waals surface area contributed by atoms with Crippen LogP contribution in [-0.2, 0) is 0 Å². The fraction of sp³-hybridized carbons (Fsp3) is 0.0714. The Kier molecular flexibility index (Phi) is 3.41. The van der Waals surface area contributed by atoms with E-state index in [1.165, 1.54) is 0 Å². The number of hydrogen-bond acceptors (Lipinski definition) is 5. The summed E-state index contributed by atoms with van der Waals surface area (Å²) in [6, 6.07) is 10.8. The molecule has 0 saturated heterocycles. The van der Waals surface area contributed by atoms with E-state index in [-0.39, 0.29) is 16.3 Å². The SMILES string of the molecule is COc1ccc(-c2ccc(-c3n[nH]c(=S)o3)c(=O)[nH]2)cc1. The molecule has 106 valence electrons. The quantitative estimate of drug-likeness (QED) is 0.727. The molecule has 0 amide bonds. The Labute approximate surface area is 124 Å². The van der Waals surface area contributed by atoms with Gasteiger partial charge in [0.25, 0.3) is 16.3 Å². The molecule has 1 aromatic carbocycles. The molecule has 0 aliphatic heterocycles. The Morgan fingerprint density at radius 1 is 1.19 bits per heavy atom. The fourth-order valence-electron chi connectivity index (χ4n) is 1.93. The third-order valence-electron chi connectivity index (χ3n) is 2.98. The van der Waals surface area contributed by atoms with Crippen LogP contribution in [0.5, 0.6) is 5.75 Å². The molecule has 2 N–H and O–H groups in total. The Bertz CT molecular complexity index is 877. The highest BCUT2D eigenvalue weighted by Crippen LogP contribution is 2.21. The highest BCUT2D eigenvalue weighted by molar-refractivity contribution is 7.71. The zero-order valence-corrected chi connectivity index (χ0v) is 11.9. The molecule has 0 spiro atoms. The lowest BCUT2D eigenvalue weighted by molar-refractivity contribution is 0.415. The summed E-state index contributed by atoms with van der Waals surface area (Å²) in [6.07, 6.45) is 0. The van der Waals surface area contributed by atoms with Crippen molar-refractivity contribution in [2.45, 2.75) is 0 Å². The average molecular weight is 301 g/mol. The van der Waals surface area contributed by atoms with Crippen molar-refractivity contribution in [2.75, 3.05) is 7.11 Å². The van der Waals surface area contributed by atoms with Crippen LogP contribution < -0.4 is 10.3 Å². The van der Waals surface area contributed by atoms with Crippen LogP contribution in [0.3, 0.4) is 0 Å². The van der Waals surface area contributed by atoms with Gasteiger partial charge in [-0.15, -0.1) is 5.10 Å². The van der Waals surface area contributed by atoms with Gasteiger partial charge in [-0.1, -0.05) is 0 Å². The normalized spacial score (nSPS) is 10.5. The first-order valence-corrected chi connectivity index (χ1v) is 6.52. The van der Waals surface area contributed by atoms with E-state index in [2.05, 4.69) is 15.2 Å². The van der Waals surface area contributed by atoms with Gasteiger partial charge in [0, 0.05) is 5.69 Å². The lowest BCUT2D eigenvalue weighted by atomic mass is 10.1. The van der Waals surface area contributed by atoms with Crippen molar-refractivity contribution in [2.24, 2.45) is 0 Å². The lowest BCUT2D eigenvalue weighted by Gasteiger charge is -2.04. The number of nitrogens with one attached hydrogen (secondary N) is 2. The summed E-state index contributed by atoms with van der Waals surface area (Å²) in [5.74, 6) is 0.925. The lowest BCUT2D eigenvalue weighted by Crippen LogP contribution is -2.09. The number of aromatic nitrogens is 3. The molecule has 0 saturated carbocycles. The van der Waals surface area contributed by atoms with Crippen LogP contribution in [0.4, 0.5) is 0 Å². The van der Waals surface area contributed by atoms with Gasteiger partial charge in [0.05, 0.1) is 7.11 Å². The van der Waals surface area contributed by atoms with Gasteiger partial charge in [0.15, 0.2) is 0 Å². The number of methoxy groups -OCH3 is 1. The van der Waals surface area contributed by atoms with E-state index in [1.807, 2.05) is 24.3 Å². The van der Waals surface area contributed by atoms with E-state index in [9.17, 15) is 4.79 Å². The number of aromatic amines is 2. The monoisotopic (exact) mass is 301 g/mol. The summed E-state index contributed by atoms with van der Waals surface area (Å²) in [5.41, 5.74) is 1.59. The molecule has 0 fully saturated rings. The zero-order valence-electron chi connectivity index (χ0n) is 11.0. The smallest absolute Gasteiger partial charge is 0.284 e. The zero-order chi connectivity index (χ0) is 14.8. The van der Waals surface area contributed by atoms with E-state index in [0.717, 1.165) is 11.3 Å². The molecule has 0 atom stereocenters. The second-order valence-electron chi connectivity index (χ2n) is 4.26. The van der Waals surface area contributed by atoms with Crippen molar-refractivity contribution >= 4 is 12.2 Å². The minimum Gasteiger partial charge on any atom is -0.497 e. The summed E-state index contributed by atoms with van der Waals surface area (Å²) < 4.78 is 10.2. The van der Waals surface area contributed by atoms with Crippen molar-refractivity contribution in [3.63, 3.8) is 0 Å². The van der Waals surface area contributed by atoms with Gasteiger partial charge < -0.3 is 14.1 Å². The number of pyridine rings is 1. The molecule has 2 aromatic heterocycles. The number of H-pyrrole nitrogens is 2. The van der Waals surface area contributed by atoms with Crippen LogP contribution in [0.1, 0.15) is 0 Å². The molecule has 0 aliphatic carbocycles. The topological polar surface area (TPSA) is 83.9 Å². The van der Waals surface area contributed by atoms with Gasteiger partial charge in [-0.25, -0.2) is 5.10 Å². The van der Waals surface area contributed by atoms with Crippen molar-refractivity contribution in [3.8, 4) is 28.5 Å². The summed E-state index contributed by atoms with van der Waals surface area (Å²) >= 11 is 4.79. The molecule has 0 radical (unpaired) electrons. The number of nitrogens with zero attached hydrogens (tertiary/aromatic N) is 1. The van der Waals surface area contributed by atoms with Crippen LogP contribution in [0.25, 0.3) is 22.7 Å². The molecule has 3 aromatic rings. The van der Waals surface area contributed by atoms with Crippen molar-refractivity contribution in [1.82, 2.24) is 15.2 Å². The van der Waals surface area contributed by atoms with Gasteiger partial charge in [0.1, 0.15) is 11.3 Å². The molecule has 2 heterocycles. The molecule has 7 heteroatoms. The number of ether oxygens (including phenoxy) is 1. The Morgan fingerprint density at radius 3 is 2.52 bits per heavy atom. The predicted octanol–water partition coefficient (Wildman–Crippen LogP) is 2.76. The van der Waals surface area contributed by atoms with Crippen LogP contribution in [0, 0.1) is 4.84 Å². The van der Waals surface area contributed by atoms with Crippen LogP contribution in [-0.4, -0.2) is 22.3 Å². The molecule has 21 heavy (non-hydrogen) atoms. The van der Waals surface area contributed by atoms with E-state index in [4.69, 9.17) is 21.4 Å². The van der Waals surface area contributed by atoms with Crippen LogP contribution in [0.2, 0.25) is 0 Å². The molecular weight excluding hydrogens is 290 g/mol. The number of hydrogen-bond donors (Lipinski definition) is 2. The molecule has 0 bridgehead atoms. The predicted molar refractivity (Wildman–Crippen MR) is 79.7 cm³/mol. The average Bonchev–Trinajstić information content (AvgIpc) is 2.93. The number of rotatable bonds is 3. The molecule has 0 unspecified atom stereocenters. The fourth-order valence-corrected chi connectivity index (χ4v) is 2.05. The van der Waals surface area contributed by atoms with Gasteiger partial charge >= 0.3 is 0 Å². The summed E-state index contributed by atoms with van der Waals surface area (Å²) in [6.45, 7) is 0. The third-order valence-corrected chi connectivity index (χ3v) is 3.15. The first-order chi connectivity index (χ1) is 10.2. The van der Waals surface area contributed by atoms with Gasteiger partial charge in [0.2, 0.25) is 0 Å². The van der Waals surface area contributed by atoms with E-state index in [0.29, 0.717) is 11.3 Å². The van der Waals surface area contributed by atoms with Crippen molar-refractivity contribution in [3.05, 3.63) is 51.6 Å². The third kappa shape index (κ3) is 2.63. The maximum absolute atomic E-state index is 12.1. The number of benzene rings is 1. The Hall–Kier alpha value is -2.67. The largest absolute Gasteiger partial charge is 0.497 e. The summed E-state index contributed by atoms with van der Waals surface area (Å²) in [4.78, 5) is 15.0. The Balaban J connectivity index is 2.00. The maximum atomic E-state index is 12.1. The molecule has 6 nitrogen and oxygen atoms in total. The molecule has 3 rings (SSSR count). The first-order valence-electron chi connectivity index (χ1n) is 6.11. The van der Waals surface area contributed by atoms with E-state index >= 15 is 0 Å². The first kappa shape index (κ1) is 13.3. The van der Waals surface area contributed by atoms with Crippen molar-refractivity contribution in [1.29, 1.82) is 0 Å².